The summed E-state index contributed by atoms with van der Waals surface area (Å²) in [4.78, 5) is 24.3. The lowest BCUT2D eigenvalue weighted by atomic mass is 9.78. The fraction of sp³-hybridized carbons (Fsp3) is 0.160. The minimum absolute atomic E-state index is 0. The third-order valence-electron chi connectivity index (χ3n) is 5.99. The molecule has 2 aliphatic rings. The van der Waals surface area contributed by atoms with Crippen LogP contribution in [0.5, 0.6) is 0 Å². The molecule has 2 atom stereocenters. The molecule has 0 amide bonds. The molecule has 32 heavy (non-hydrogen) atoms. The van der Waals surface area contributed by atoms with Crippen molar-refractivity contribution in [2.24, 2.45) is 0 Å². The molecule has 0 fully saturated rings. The number of non-ortho nitro benzene ring substituents is 1. The van der Waals surface area contributed by atoms with E-state index in [9.17, 15) is 14.9 Å². The number of rotatable bonds is 3. The number of nitrogens with zero attached hydrogens (tertiary/aromatic N) is 1. The highest BCUT2D eigenvalue weighted by molar-refractivity contribution is 6.01. The minimum atomic E-state index is -0.395. The molecule has 162 valence electrons. The second kappa shape index (κ2) is 8.85. The molecular formula is C25H22ClN3O3. The number of anilines is 2. The number of hydrogen-bond donors (Lipinski definition) is 2. The van der Waals surface area contributed by atoms with Gasteiger partial charge in [-0.3, -0.25) is 14.9 Å². The molecule has 1 heterocycles. The molecule has 2 N–H and O–H groups in total. The Hall–Kier alpha value is -3.64. The number of Topliss-reactive ketones (excluding diaryl/α,β-unsaturated/α-hetero) is 1. The summed E-state index contributed by atoms with van der Waals surface area (Å²) >= 11 is 0. The number of benzene rings is 3. The fourth-order valence-corrected chi connectivity index (χ4v) is 4.52. The molecule has 2 unspecified atom stereocenters. The molecular weight excluding hydrogens is 426 g/mol. The molecule has 0 spiro atoms. The van der Waals surface area contributed by atoms with E-state index in [0.717, 1.165) is 33.8 Å². The van der Waals surface area contributed by atoms with Crippen molar-refractivity contribution in [3.63, 3.8) is 0 Å². The normalized spacial score (nSPS) is 19.4. The molecule has 3 aromatic rings. The molecule has 0 saturated carbocycles. The number of nitrogens with one attached hydrogen (secondary N) is 2. The van der Waals surface area contributed by atoms with E-state index in [1.54, 1.807) is 12.1 Å². The Morgan fingerprint density at radius 1 is 0.844 bits per heavy atom. The van der Waals surface area contributed by atoms with Crippen molar-refractivity contribution < 1.29 is 9.72 Å². The Balaban J connectivity index is 0.00000245. The van der Waals surface area contributed by atoms with Gasteiger partial charge in [0.05, 0.1) is 22.3 Å². The average molecular weight is 448 g/mol. The minimum Gasteiger partial charge on any atom is -0.372 e. The van der Waals surface area contributed by atoms with Crippen molar-refractivity contribution in [1.29, 1.82) is 0 Å². The largest absolute Gasteiger partial charge is 0.372 e. The van der Waals surface area contributed by atoms with E-state index in [4.69, 9.17) is 0 Å². The molecule has 0 saturated heterocycles. The Bertz CT molecular complexity index is 1210. The van der Waals surface area contributed by atoms with Crippen molar-refractivity contribution >= 4 is 35.3 Å². The predicted molar refractivity (Wildman–Crippen MR) is 127 cm³/mol. The zero-order chi connectivity index (χ0) is 21.4. The van der Waals surface area contributed by atoms with Crippen molar-refractivity contribution in [2.75, 3.05) is 10.6 Å². The third kappa shape index (κ3) is 3.97. The van der Waals surface area contributed by atoms with Gasteiger partial charge >= 0.3 is 0 Å². The number of para-hydroxylation sites is 2. The van der Waals surface area contributed by atoms with Gasteiger partial charge in [0.25, 0.3) is 5.69 Å². The first-order valence-corrected chi connectivity index (χ1v) is 10.3. The number of fused-ring (bicyclic) bond motifs is 1. The lowest BCUT2D eigenvalue weighted by Gasteiger charge is -2.29. The quantitative estimate of drug-likeness (QED) is 0.380. The first-order chi connectivity index (χ1) is 15.1. The number of allylic oxidation sites excluding steroid dienone is 1. The second-order valence-corrected chi connectivity index (χ2v) is 7.93. The van der Waals surface area contributed by atoms with Crippen LogP contribution in [0.1, 0.15) is 35.9 Å². The molecule has 0 radical (unpaired) electrons. The van der Waals surface area contributed by atoms with E-state index >= 15 is 0 Å². The number of nitro benzene ring substituents is 1. The Labute approximate surface area is 191 Å². The summed E-state index contributed by atoms with van der Waals surface area (Å²) in [7, 11) is 0. The fourth-order valence-electron chi connectivity index (χ4n) is 4.52. The lowest BCUT2D eigenvalue weighted by Crippen LogP contribution is -2.26. The van der Waals surface area contributed by atoms with Gasteiger partial charge in [-0.1, -0.05) is 54.6 Å². The maximum Gasteiger partial charge on any atom is 0.269 e. The maximum absolute atomic E-state index is 13.4. The van der Waals surface area contributed by atoms with Crippen LogP contribution >= 0.6 is 12.4 Å². The summed E-state index contributed by atoms with van der Waals surface area (Å²) in [6.07, 6.45) is 0.935. The van der Waals surface area contributed by atoms with E-state index in [-0.39, 0.29) is 35.8 Å². The number of ketones is 1. The maximum atomic E-state index is 13.4. The van der Waals surface area contributed by atoms with Crippen LogP contribution in [-0.4, -0.2) is 10.7 Å². The second-order valence-electron chi connectivity index (χ2n) is 7.93. The van der Waals surface area contributed by atoms with Crippen LogP contribution in [0, 0.1) is 10.1 Å². The monoisotopic (exact) mass is 447 g/mol. The molecule has 5 rings (SSSR count). The molecule has 1 aliphatic carbocycles. The van der Waals surface area contributed by atoms with Gasteiger partial charge in [-0.2, -0.15) is 0 Å². The highest BCUT2D eigenvalue weighted by Gasteiger charge is 2.36. The molecule has 7 heteroatoms. The van der Waals surface area contributed by atoms with Gasteiger partial charge in [-0.05, 0) is 35.6 Å². The van der Waals surface area contributed by atoms with E-state index in [0.29, 0.717) is 12.8 Å². The van der Waals surface area contributed by atoms with Crippen LogP contribution in [0.4, 0.5) is 17.1 Å². The first-order valence-electron chi connectivity index (χ1n) is 10.3. The Kier molecular flexibility index (Phi) is 5.97. The zero-order valence-corrected chi connectivity index (χ0v) is 18.0. The number of carbonyl (C=O) groups excluding carboxylic acids is 1. The van der Waals surface area contributed by atoms with E-state index < -0.39 is 4.92 Å². The summed E-state index contributed by atoms with van der Waals surface area (Å²) in [6.45, 7) is 0. The topological polar surface area (TPSA) is 84.3 Å². The van der Waals surface area contributed by atoms with Crippen LogP contribution in [0.3, 0.4) is 0 Å². The van der Waals surface area contributed by atoms with Crippen LogP contribution in [0.25, 0.3) is 0 Å². The van der Waals surface area contributed by atoms with Gasteiger partial charge in [0, 0.05) is 29.8 Å². The number of carbonyl (C=O) groups is 1. The highest BCUT2D eigenvalue weighted by Crippen LogP contribution is 2.44. The summed E-state index contributed by atoms with van der Waals surface area (Å²) in [5.41, 5.74) is 5.36. The Morgan fingerprint density at radius 2 is 1.53 bits per heavy atom. The summed E-state index contributed by atoms with van der Waals surface area (Å²) < 4.78 is 0. The number of halogens is 1. The van der Waals surface area contributed by atoms with Crippen molar-refractivity contribution in [3.8, 4) is 0 Å². The van der Waals surface area contributed by atoms with E-state index in [2.05, 4.69) is 10.6 Å². The average Bonchev–Trinajstić information content (AvgIpc) is 2.96. The highest BCUT2D eigenvalue weighted by atomic mass is 35.5. The Morgan fingerprint density at radius 3 is 2.28 bits per heavy atom. The molecule has 6 nitrogen and oxygen atoms in total. The smallest absolute Gasteiger partial charge is 0.269 e. The van der Waals surface area contributed by atoms with Crippen molar-refractivity contribution in [2.45, 2.75) is 24.8 Å². The molecule has 0 aromatic heterocycles. The first kappa shape index (κ1) is 21.6. The number of nitro groups is 1. The van der Waals surface area contributed by atoms with Crippen LogP contribution in [0.15, 0.2) is 90.1 Å². The van der Waals surface area contributed by atoms with Gasteiger partial charge in [-0.25, -0.2) is 0 Å². The van der Waals surface area contributed by atoms with Gasteiger partial charge in [0.1, 0.15) is 0 Å². The van der Waals surface area contributed by atoms with Gasteiger partial charge in [0.15, 0.2) is 5.78 Å². The summed E-state index contributed by atoms with van der Waals surface area (Å²) in [5, 5.41) is 18.3. The van der Waals surface area contributed by atoms with Gasteiger partial charge < -0.3 is 10.6 Å². The zero-order valence-electron chi connectivity index (χ0n) is 17.2. The van der Waals surface area contributed by atoms with Crippen LogP contribution in [0.2, 0.25) is 0 Å². The van der Waals surface area contributed by atoms with Crippen LogP contribution < -0.4 is 10.6 Å². The predicted octanol–water partition coefficient (Wildman–Crippen LogP) is 6.00. The SMILES string of the molecule is Cl.O=C1CC(c2cccc([N+](=O)[O-])c2)CC2=C1C(c1ccccc1)Nc1ccccc1N2. The number of hydrogen-bond acceptors (Lipinski definition) is 5. The van der Waals surface area contributed by atoms with Crippen molar-refractivity contribution in [1.82, 2.24) is 0 Å². The van der Waals surface area contributed by atoms with Crippen molar-refractivity contribution in [3.05, 3.63) is 111 Å². The summed E-state index contributed by atoms with van der Waals surface area (Å²) in [5.74, 6) is -0.0558. The summed E-state index contributed by atoms with van der Waals surface area (Å²) in [6, 6.07) is 24.2. The third-order valence-corrected chi connectivity index (χ3v) is 5.99. The van der Waals surface area contributed by atoms with Gasteiger partial charge in [-0.15, -0.1) is 12.4 Å². The standard InChI is InChI=1S/C25H21N3O3.ClH/c29-23-15-18(17-9-6-10-19(13-17)28(30)31)14-22-24(23)25(16-7-2-1-3-8-16)27-21-12-5-4-11-20(21)26-22;/h1-13,18,25-27H,14-15H2;1H. The van der Waals surface area contributed by atoms with Crippen LogP contribution in [-0.2, 0) is 4.79 Å². The molecule has 1 aliphatic heterocycles. The molecule has 3 aromatic carbocycles. The van der Waals surface area contributed by atoms with E-state index in [1.807, 2.05) is 60.7 Å². The van der Waals surface area contributed by atoms with Gasteiger partial charge in [0.2, 0.25) is 0 Å². The van der Waals surface area contributed by atoms with E-state index in [1.165, 1.54) is 6.07 Å². The molecule has 0 bridgehead atoms. The lowest BCUT2D eigenvalue weighted by molar-refractivity contribution is -0.384.